The van der Waals surface area contributed by atoms with E-state index in [-0.39, 0.29) is 5.91 Å². The second-order valence-electron chi connectivity index (χ2n) is 5.54. The summed E-state index contributed by atoms with van der Waals surface area (Å²) in [6, 6.07) is 7.97. The molecule has 0 aliphatic carbocycles. The monoisotopic (exact) mass is 317 g/mol. The van der Waals surface area contributed by atoms with Crippen LogP contribution in [-0.4, -0.2) is 46.5 Å². The lowest BCUT2D eigenvalue weighted by Gasteiger charge is -2.19. The van der Waals surface area contributed by atoms with E-state index in [9.17, 15) is 4.79 Å². The SMILES string of the molecule is CCN(CC)CCn1c(NC(=O)CCCN)nc2ccccc21. The number of rotatable bonds is 9. The molecule has 6 nitrogen and oxygen atoms in total. The quantitative estimate of drug-likeness (QED) is 0.742. The van der Waals surface area contributed by atoms with Gasteiger partial charge in [-0.2, -0.15) is 0 Å². The minimum Gasteiger partial charge on any atom is -0.330 e. The molecule has 0 aliphatic heterocycles. The lowest BCUT2D eigenvalue weighted by molar-refractivity contribution is -0.116. The van der Waals surface area contributed by atoms with Gasteiger partial charge in [-0.05, 0) is 38.2 Å². The van der Waals surface area contributed by atoms with Crippen LogP contribution in [0.5, 0.6) is 0 Å². The van der Waals surface area contributed by atoms with Crippen LogP contribution in [-0.2, 0) is 11.3 Å². The molecule has 2 aromatic rings. The number of para-hydroxylation sites is 2. The van der Waals surface area contributed by atoms with Crippen LogP contribution in [0.4, 0.5) is 5.95 Å². The minimum atomic E-state index is -0.0326. The zero-order chi connectivity index (χ0) is 16.7. The summed E-state index contributed by atoms with van der Waals surface area (Å²) in [5, 5.41) is 2.93. The number of nitrogens with two attached hydrogens (primary N) is 1. The maximum absolute atomic E-state index is 12.0. The second-order valence-corrected chi connectivity index (χ2v) is 5.54. The molecule has 1 aromatic carbocycles. The van der Waals surface area contributed by atoms with Gasteiger partial charge in [-0.25, -0.2) is 4.98 Å². The van der Waals surface area contributed by atoms with Gasteiger partial charge in [0.15, 0.2) is 0 Å². The lowest BCUT2D eigenvalue weighted by Crippen LogP contribution is -2.27. The second kappa shape index (κ2) is 8.64. The van der Waals surface area contributed by atoms with Crippen molar-refractivity contribution < 1.29 is 4.79 Å². The molecule has 0 spiro atoms. The summed E-state index contributed by atoms with van der Waals surface area (Å²) >= 11 is 0. The Kier molecular flexibility index (Phi) is 6.55. The third-order valence-electron chi connectivity index (χ3n) is 4.05. The van der Waals surface area contributed by atoms with Gasteiger partial charge in [-0.15, -0.1) is 0 Å². The van der Waals surface area contributed by atoms with Crippen LogP contribution in [0, 0.1) is 0 Å². The van der Waals surface area contributed by atoms with Gasteiger partial charge in [0.1, 0.15) is 0 Å². The number of anilines is 1. The van der Waals surface area contributed by atoms with Crippen LogP contribution in [0.1, 0.15) is 26.7 Å². The number of hydrogen-bond donors (Lipinski definition) is 2. The molecule has 0 atom stereocenters. The number of imidazole rings is 1. The van der Waals surface area contributed by atoms with E-state index >= 15 is 0 Å². The van der Waals surface area contributed by atoms with Crippen molar-refractivity contribution in [2.24, 2.45) is 5.73 Å². The number of nitrogens with one attached hydrogen (secondary N) is 1. The summed E-state index contributed by atoms with van der Waals surface area (Å²) in [4.78, 5) is 18.9. The van der Waals surface area contributed by atoms with Crippen LogP contribution in [0.25, 0.3) is 11.0 Å². The Morgan fingerprint density at radius 1 is 1.30 bits per heavy atom. The number of aromatic nitrogens is 2. The fourth-order valence-electron chi connectivity index (χ4n) is 2.63. The largest absolute Gasteiger partial charge is 0.330 e. The van der Waals surface area contributed by atoms with Crippen LogP contribution < -0.4 is 11.1 Å². The first-order valence-corrected chi connectivity index (χ1v) is 8.37. The van der Waals surface area contributed by atoms with Gasteiger partial charge in [0.2, 0.25) is 11.9 Å². The summed E-state index contributed by atoms with van der Waals surface area (Å²) in [5.41, 5.74) is 7.42. The van der Waals surface area contributed by atoms with Gasteiger partial charge in [0, 0.05) is 19.5 Å². The Balaban J connectivity index is 2.20. The predicted molar refractivity (Wildman–Crippen MR) is 94.4 cm³/mol. The van der Waals surface area contributed by atoms with Crippen molar-refractivity contribution in [3.05, 3.63) is 24.3 Å². The third kappa shape index (κ3) is 4.53. The topological polar surface area (TPSA) is 76.2 Å². The molecule has 0 saturated carbocycles. The van der Waals surface area contributed by atoms with Gasteiger partial charge in [0.05, 0.1) is 11.0 Å². The molecule has 3 N–H and O–H groups in total. The zero-order valence-electron chi connectivity index (χ0n) is 14.1. The fourth-order valence-corrected chi connectivity index (χ4v) is 2.63. The highest BCUT2D eigenvalue weighted by Gasteiger charge is 2.13. The van der Waals surface area contributed by atoms with Crippen LogP contribution in [0.3, 0.4) is 0 Å². The molecule has 0 radical (unpaired) electrons. The van der Waals surface area contributed by atoms with Crippen molar-refractivity contribution >= 4 is 22.9 Å². The van der Waals surface area contributed by atoms with Crippen LogP contribution in [0.15, 0.2) is 24.3 Å². The molecular weight excluding hydrogens is 290 g/mol. The molecule has 1 amide bonds. The molecule has 6 heteroatoms. The summed E-state index contributed by atoms with van der Waals surface area (Å²) < 4.78 is 2.09. The zero-order valence-corrected chi connectivity index (χ0v) is 14.1. The van der Waals surface area contributed by atoms with E-state index in [1.807, 2.05) is 24.3 Å². The Hall–Kier alpha value is -1.92. The maximum Gasteiger partial charge on any atom is 0.226 e. The van der Waals surface area contributed by atoms with Crippen LogP contribution >= 0.6 is 0 Å². The average molecular weight is 317 g/mol. The first kappa shape index (κ1) is 17.4. The summed E-state index contributed by atoms with van der Waals surface area (Å²) in [7, 11) is 0. The molecule has 2 rings (SSSR count). The molecule has 0 bridgehead atoms. The Labute approximate surface area is 137 Å². The van der Waals surface area contributed by atoms with Gasteiger partial charge in [0.25, 0.3) is 0 Å². The minimum absolute atomic E-state index is 0.0326. The van der Waals surface area contributed by atoms with E-state index in [1.54, 1.807) is 0 Å². The number of amides is 1. The summed E-state index contributed by atoms with van der Waals surface area (Å²) in [6.07, 6.45) is 1.11. The highest BCUT2D eigenvalue weighted by molar-refractivity contribution is 5.91. The average Bonchev–Trinajstić information content (AvgIpc) is 2.91. The number of likely N-dealkylation sites (N-methyl/N-ethyl adjacent to an activating group) is 1. The maximum atomic E-state index is 12.0. The highest BCUT2D eigenvalue weighted by Crippen LogP contribution is 2.19. The number of benzene rings is 1. The first-order chi connectivity index (χ1) is 11.2. The lowest BCUT2D eigenvalue weighted by atomic mass is 10.3. The molecule has 0 fully saturated rings. The fraction of sp³-hybridized carbons (Fsp3) is 0.529. The van der Waals surface area contributed by atoms with E-state index in [0.29, 0.717) is 25.3 Å². The predicted octanol–water partition coefficient (Wildman–Crippen LogP) is 2.06. The first-order valence-electron chi connectivity index (χ1n) is 8.37. The molecule has 0 aliphatic rings. The normalized spacial score (nSPS) is 11.3. The molecular formula is C17H27N5O. The van der Waals surface area contributed by atoms with Crippen molar-refractivity contribution in [2.75, 3.05) is 31.5 Å². The Morgan fingerprint density at radius 2 is 2.04 bits per heavy atom. The van der Waals surface area contributed by atoms with Crippen LogP contribution in [0.2, 0.25) is 0 Å². The number of hydrogen-bond acceptors (Lipinski definition) is 4. The number of nitrogens with zero attached hydrogens (tertiary/aromatic N) is 3. The molecule has 1 heterocycles. The van der Waals surface area contributed by atoms with Gasteiger partial charge in [-0.1, -0.05) is 26.0 Å². The molecule has 0 unspecified atom stereocenters. The summed E-state index contributed by atoms with van der Waals surface area (Å²) in [5.74, 6) is 0.593. The number of fused-ring (bicyclic) bond motifs is 1. The number of carbonyl (C=O) groups excluding carboxylic acids is 1. The van der Waals surface area contributed by atoms with Gasteiger partial charge >= 0.3 is 0 Å². The Bertz CT molecular complexity index is 633. The summed E-state index contributed by atoms with van der Waals surface area (Å²) in [6.45, 7) is 8.60. The third-order valence-corrected chi connectivity index (χ3v) is 4.05. The standard InChI is InChI=1S/C17H27N5O/c1-3-21(4-2)12-13-22-15-9-6-5-8-14(15)19-17(22)20-16(23)10-7-11-18/h5-6,8-9H,3-4,7,10-13,18H2,1-2H3,(H,19,20,23). The van der Waals surface area contributed by atoms with Crippen molar-refractivity contribution in [2.45, 2.75) is 33.2 Å². The molecule has 1 aromatic heterocycles. The number of carbonyl (C=O) groups is 1. The molecule has 23 heavy (non-hydrogen) atoms. The van der Waals surface area contributed by atoms with Crippen molar-refractivity contribution in [1.29, 1.82) is 0 Å². The van der Waals surface area contributed by atoms with E-state index in [1.165, 1.54) is 0 Å². The van der Waals surface area contributed by atoms with E-state index in [2.05, 4.69) is 33.6 Å². The van der Waals surface area contributed by atoms with E-state index in [4.69, 9.17) is 5.73 Å². The smallest absolute Gasteiger partial charge is 0.226 e. The van der Waals surface area contributed by atoms with E-state index < -0.39 is 0 Å². The van der Waals surface area contributed by atoms with Crippen molar-refractivity contribution in [3.8, 4) is 0 Å². The van der Waals surface area contributed by atoms with Crippen molar-refractivity contribution in [3.63, 3.8) is 0 Å². The van der Waals surface area contributed by atoms with E-state index in [0.717, 1.165) is 37.2 Å². The highest BCUT2D eigenvalue weighted by atomic mass is 16.1. The van der Waals surface area contributed by atoms with Gasteiger partial charge in [-0.3, -0.25) is 10.1 Å². The van der Waals surface area contributed by atoms with Gasteiger partial charge < -0.3 is 15.2 Å². The molecule has 0 saturated heterocycles. The van der Waals surface area contributed by atoms with Crippen molar-refractivity contribution in [1.82, 2.24) is 14.5 Å². The molecule has 126 valence electrons. The Morgan fingerprint density at radius 3 is 2.74 bits per heavy atom.